The molecule has 4 nitrogen and oxygen atoms in total. The van der Waals surface area contributed by atoms with Crippen LogP contribution in [0.5, 0.6) is 0 Å². The van der Waals surface area contributed by atoms with Gasteiger partial charge in [0.2, 0.25) is 0 Å². The van der Waals surface area contributed by atoms with Crippen LogP contribution in [0.2, 0.25) is 0 Å². The Hall–Kier alpha value is -1.42. The summed E-state index contributed by atoms with van der Waals surface area (Å²) in [7, 11) is 1.39. The van der Waals surface area contributed by atoms with Gasteiger partial charge in [0.1, 0.15) is 6.04 Å². The first-order chi connectivity index (χ1) is 7.15. The third kappa shape index (κ3) is 3.32. The van der Waals surface area contributed by atoms with Crippen molar-refractivity contribution in [2.75, 3.05) is 7.11 Å². The number of hydrogen-bond acceptors (Lipinski definition) is 4. The second-order valence-corrected chi connectivity index (χ2v) is 3.43. The van der Waals surface area contributed by atoms with Crippen LogP contribution in [0.25, 0.3) is 0 Å². The highest BCUT2D eigenvalue weighted by atomic mass is 16.5. The number of nitrogens with one attached hydrogen (secondary N) is 1. The highest BCUT2D eigenvalue weighted by Crippen LogP contribution is 2.04. The number of aromatic nitrogens is 1. The molecule has 0 spiro atoms. The summed E-state index contributed by atoms with van der Waals surface area (Å²) >= 11 is 0. The average molecular weight is 208 g/mol. The predicted molar refractivity (Wildman–Crippen MR) is 57.3 cm³/mol. The molecule has 1 aromatic rings. The highest BCUT2D eigenvalue weighted by Gasteiger charge is 2.11. The lowest BCUT2D eigenvalue weighted by atomic mass is 10.1. The number of hydrogen-bond donors (Lipinski definition) is 1. The molecule has 0 fully saturated rings. The number of nitrogens with zero attached hydrogens (tertiary/aromatic N) is 1. The molecule has 1 atom stereocenters. The van der Waals surface area contributed by atoms with Crippen molar-refractivity contribution in [3.8, 4) is 0 Å². The van der Waals surface area contributed by atoms with E-state index in [0.29, 0.717) is 6.54 Å². The van der Waals surface area contributed by atoms with Gasteiger partial charge in [-0.05, 0) is 31.0 Å². The fraction of sp³-hybridized carbons (Fsp3) is 0.455. The summed E-state index contributed by atoms with van der Waals surface area (Å²) in [4.78, 5) is 15.1. The van der Waals surface area contributed by atoms with Gasteiger partial charge in [-0.2, -0.15) is 0 Å². The molecule has 0 aliphatic carbocycles. The van der Waals surface area contributed by atoms with E-state index in [-0.39, 0.29) is 12.0 Å². The lowest BCUT2D eigenvalue weighted by molar-refractivity contribution is -0.142. The summed E-state index contributed by atoms with van der Waals surface area (Å²) in [6.45, 7) is 4.42. The molecule has 1 heterocycles. The summed E-state index contributed by atoms with van der Waals surface area (Å²) in [5.74, 6) is -0.248. The van der Waals surface area contributed by atoms with E-state index in [0.717, 1.165) is 11.1 Å². The van der Waals surface area contributed by atoms with E-state index in [2.05, 4.69) is 15.0 Å². The zero-order valence-corrected chi connectivity index (χ0v) is 9.28. The molecular formula is C11H16N2O2. The first-order valence-electron chi connectivity index (χ1n) is 4.86. The number of ether oxygens (including phenoxy) is 1. The molecule has 0 saturated heterocycles. The molecule has 0 aromatic carbocycles. The molecule has 15 heavy (non-hydrogen) atoms. The van der Waals surface area contributed by atoms with Crippen molar-refractivity contribution in [1.29, 1.82) is 0 Å². The number of pyridine rings is 1. The van der Waals surface area contributed by atoms with E-state index in [1.165, 1.54) is 7.11 Å². The van der Waals surface area contributed by atoms with Gasteiger partial charge >= 0.3 is 5.97 Å². The van der Waals surface area contributed by atoms with E-state index < -0.39 is 0 Å². The van der Waals surface area contributed by atoms with Gasteiger partial charge in [-0.15, -0.1) is 0 Å². The highest BCUT2D eigenvalue weighted by molar-refractivity contribution is 5.75. The first kappa shape index (κ1) is 11.7. The van der Waals surface area contributed by atoms with Gasteiger partial charge in [0.15, 0.2) is 0 Å². The van der Waals surface area contributed by atoms with Crippen molar-refractivity contribution in [2.45, 2.75) is 26.4 Å². The third-order valence-corrected chi connectivity index (χ3v) is 2.29. The Kier molecular flexibility index (Phi) is 4.24. The standard InChI is InChI=1S/C11H16N2O2/c1-8-6-12-5-4-10(8)7-13-9(2)11(14)15-3/h4-6,9,13H,7H2,1-3H3. The molecule has 4 heteroatoms. The summed E-state index contributed by atoms with van der Waals surface area (Å²) in [5.41, 5.74) is 2.25. The van der Waals surface area contributed by atoms with Gasteiger partial charge in [0, 0.05) is 18.9 Å². The Morgan fingerprint density at radius 2 is 2.40 bits per heavy atom. The van der Waals surface area contributed by atoms with Crippen molar-refractivity contribution >= 4 is 5.97 Å². The zero-order chi connectivity index (χ0) is 11.3. The molecule has 0 saturated carbocycles. The van der Waals surface area contributed by atoms with Crippen molar-refractivity contribution in [3.05, 3.63) is 29.6 Å². The topological polar surface area (TPSA) is 51.2 Å². The van der Waals surface area contributed by atoms with Crippen LogP contribution in [-0.4, -0.2) is 24.1 Å². The van der Waals surface area contributed by atoms with E-state index in [1.54, 1.807) is 19.3 Å². The molecule has 0 bridgehead atoms. The van der Waals surface area contributed by atoms with Crippen molar-refractivity contribution < 1.29 is 9.53 Å². The van der Waals surface area contributed by atoms with E-state index in [1.807, 2.05) is 13.0 Å². The second-order valence-electron chi connectivity index (χ2n) is 3.43. The number of methoxy groups -OCH3 is 1. The van der Waals surface area contributed by atoms with E-state index >= 15 is 0 Å². The van der Waals surface area contributed by atoms with Crippen LogP contribution in [-0.2, 0) is 16.1 Å². The second kappa shape index (κ2) is 5.46. The van der Waals surface area contributed by atoms with Gasteiger partial charge < -0.3 is 10.1 Å². The largest absolute Gasteiger partial charge is 0.468 e. The van der Waals surface area contributed by atoms with Crippen LogP contribution in [0.3, 0.4) is 0 Å². The first-order valence-corrected chi connectivity index (χ1v) is 4.86. The molecule has 1 N–H and O–H groups in total. The maximum absolute atomic E-state index is 11.1. The Bertz CT molecular complexity index is 339. The number of rotatable bonds is 4. The Morgan fingerprint density at radius 3 is 3.00 bits per heavy atom. The minimum absolute atomic E-state index is 0.248. The van der Waals surface area contributed by atoms with Crippen LogP contribution >= 0.6 is 0 Å². The average Bonchev–Trinajstić information content (AvgIpc) is 2.26. The van der Waals surface area contributed by atoms with Crippen molar-refractivity contribution in [3.63, 3.8) is 0 Å². The number of aryl methyl sites for hydroxylation is 1. The Labute approximate surface area is 89.7 Å². The smallest absolute Gasteiger partial charge is 0.322 e. The SMILES string of the molecule is COC(=O)C(C)NCc1ccncc1C. The van der Waals surface area contributed by atoms with Crippen LogP contribution in [0.4, 0.5) is 0 Å². The Morgan fingerprint density at radius 1 is 1.67 bits per heavy atom. The van der Waals surface area contributed by atoms with Gasteiger partial charge in [-0.3, -0.25) is 9.78 Å². The molecule has 82 valence electrons. The molecule has 0 aliphatic rings. The summed E-state index contributed by atoms with van der Waals surface area (Å²) in [6.07, 6.45) is 3.55. The van der Waals surface area contributed by atoms with E-state index in [4.69, 9.17) is 0 Å². The van der Waals surface area contributed by atoms with Crippen LogP contribution < -0.4 is 5.32 Å². The van der Waals surface area contributed by atoms with Crippen LogP contribution in [0.1, 0.15) is 18.1 Å². The third-order valence-electron chi connectivity index (χ3n) is 2.29. The maximum Gasteiger partial charge on any atom is 0.322 e. The normalized spacial score (nSPS) is 12.2. The number of carbonyl (C=O) groups is 1. The number of carbonyl (C=O) groups excluding carboxylic acids is 1. The molecular weight excluding hydrogens is 192 g/mol. The van der Waals surface area contributed by atoms with Gasteiger partial charge in [-0.25, -0.2) is 0 Å². The fourth-order valence-electron chi connectivity index (χ4n) is 1.22. The van der Waals surface area contributed by atoms with Crippen molar-refractivity contribution in [2.24, 2.45) is 0 Å². The monoisotopic (exact) mass is 208 g/mol. The summed E-state index contributed by atoms with van der Waals surface area (Å²) in [6, 6.07) is 1.65. The van der Waals surface area contributed by atoms with Crippen LogP contribution in [0, 0.1) is 6.92 Å². The Balaban J connectivity index is 2.50. The lowest BCUT2D eigenvalue weighted by Gasteiger charge is -2.12. The van der Waals surface area contributed by atoms with Gasteiger partial charge in [-0.1, -0.05) is 0 Å². The van der Waals surface area contributed by atoms with Crippen molar-refractivity contribution in [1.82, 2.24) is 10.3 Å². The fourth-order valence-corrected chi connectivity index (χ4v) is 1.22. The van der Waals surface area contributed by atoms with Gasteiger partial charge in [0.25, 0.3) is 0 Å². The molecule has 0 amide bonds. The van der Waals surface area contributed by atoms with Gasteiger partial charge in [0.05, 0.1) is 7.11 Å². The summed E-state index contributed by atoms with van der Waals surface area (Å²) < 4.78 is 4.62. The quantitative estimate of drug-likeness (QED) is 0.751. The predicted octanol–water partition coefficient (Wildman–Crippen LogP) is 1.04. The molecule has 1 unspecified atom stereocenters. The van der Waals surface area contributed by atoms with Crippen LogP contribution in [0.15, 0.2) is 18.5 Å². The number of esters is 1. The summed E-state index contributed by atoms with van der Waals surface area (Å²) in [5, 5.41) is 3.09. The molecule has 1 aromatic heterocycles. The molecule has 0 aliphatic heterocycles. The van der Waals surface area contributed by atoms with E-state index in [9.17, 15) is 4.79 Å². The maximum atomic E-state index is 11.1. The minimum atomic E-state index is -0.289. The zero-order valence-electron chi connectivity index (χ0n) is 9.28. The lowest BCUT2D eigenvalue weighted by Crippen LogP contribution is -2.34. The molecule has 1 rings (SSSR count). The minimum Gasteiger partial charge on any atom is -0.468 e. The molecule has 0 radical (unpaired) electrons.